The van der Waals surface area contributed by atoms with E-state index in [1.54, 1.807) is 11.7 Å². The zero-order chi connectivity index (χ0) is 15.1. The number of aliphatic hydroxyl groups is 1. The van der Waals surface area contributed by atoms with Gasteiger partial charge in [0.25, 0.3) is 5.56 Å². The lowest BCUT2D eigenvalue weighted by Crippen LogP contribution is -2.33. The molecule has 9 nitrogen and oxygen atoms in total. The fraction of sp³-hybridized carbons (Fsp3) is 0.583. The quantitative estimate of drug-likeness (QED) is 0.688. The molecule has 3 heterocycles. The molecule has 4 N–H and O–H groups in total. The number of ether oxygens (including phenoxy) is 2. The Morgan fingerprint density at radius 1 is 1.67 bits per heavy atom. The standard InChI is InChI=1S/C12H17N5O4/c1-5(20-2)9-6(18)3-7(21-9)17-4-14-8-10(17)15-12(13)16-11(8)19/h4-7,9,18H,3H2,1-2H3,(H3,13,15,16,19)/t5?,6-,7+,9+/m0/s1. The van der Waals surface area contributed by atoms with Crippen LogP contribution in [-0.2, 0) is 9.47 Å². The monoisotopic (exact) mass is 295 g/mol. The van der Waals surface area contributed by atoms with Gasteiger partial charge >= 0.3 is 0 Å². The predicted octanol–water partition coefficient (Wildman–Crippen LogP) is -0.615. The van der Waals surface area contributed by atoms with Gasteiger partial charge in [-0.15, -0.1) is 0 Å². The van der Waals surface area contributed by atoms with Crippen molar-refractivity contribution in [1.82, 2.24) is 19.5 Å². The largest absolute Gasteiger partial charge is 0.390 e. The number of imidazole rings is 1. The predicted molar refractivity (Wildman–Crippen MR) is 73.6 cm³/mol. The van der Waals surface area contributed by atoms with Crippen LogP contribution in [0, 0.1) is 0 Å². The third-order valence-electron chi connectivity index (χ3n) is 3.73. The van der Waals surface area contributed by atoms with Gasteiger partial charge in [0.1, 0.15) is 12.3 Å². The van der Waals surface area contributed by atoms with E-state index in [9.17, 15) is 9.90 Å². The number of aliphatic hydroxyl groups excluding tert-OH is 1. The van der Waals surface area contributed by atoms with Crippen molar-refractivity contribution in [3.63, 3.8) is 0 Å². The summed E-state index contributed by atoms with van der Waals surface area (Å²) in [4.78, 5) is 22.2. The highest BCUT2D eigenvalue weighted by Crippen LogP contribution is 2.32. The van der Waals surface area contributed by atoms with Gasteiger partial charge in [0.05, 0.1) is 18.5 Å². The van der Waals surface area contributed by atoms with Crippen molar-refractivity contribution >= 4 is 17.1 Å². The maximum absolute atomic E-state index is 11.7. The van der Waals surface area contributed by atoms with E-state index in [-0.39, 0.29) is 17.6 Å². The molecule has 0 saturated carbocycles. The van der Waals surface area contributed by atoms with Crippen LogP contribution in [0.4, 0.5) is 5.95 Å². The Kier molecular flexibility index (Phi) is 3.40. The van der Waals surface area contributed by atoms with Crippen LogP contribution in [0.1, 0.15) is 19.6 Å². The first-order valence-electron chi connectivity index (χ1n) is 6.60. The molecule has 2 aromatic heterocycles. The molecular weight excluding hydrogens is 278 g/mol. The van der Waals surface area contributed by atoms with Crippen LogP contribution < -0.4 is 11.3 Å². The molecule has 3 rings (SSSR count). The van der Waals surface area contributed by atoms with E-state index in [1.807, 2.05) is 6.92 Å². The fourth-order valence-electron chi connectivity index (χ4n) is 2.56. The van der Waals surface area contributed by atoms with Gasteiger partial charge in [-0.3, -0.25) is 14.3 Å². The molecule has 0 aliphatic carbocycles. The van der Waals surface area contributed by atoms with Crippen LogP contribution in [0.3, 0.4) is 0 Å². The van der Waals surface area contributed by atoms with E-state index < -0.39 is 24.0 Å². The van der Waals surface area contributed by atoms with Gasteiger partial charge in [0.2, 0.25) is 5.95 Å². The zero-order valence-corrected chi connectivity index (χ0v) is 11.7. The maximum atomic E-state index is 11.7. The summed E-state index contributed by atoms with van der Waals surface area (Å²) in [6.07, 6.45) is -0.0111. The van der Waals surface area contributed by atoms with Crippen LogP contribution >= 0.6 is 0 Å². The Morgan fingerprint density at radius 3 is 3.14 bits per heavy atom. The van der Waals surface area contributed by atoms with Crippen molar-refractivity contribution in [2.24, 2.45) is 0 Å². The highest BCUT2D eigenvalue weighted by Gasteiger charge is 2.39. The van der Waals surface area contributed by atoms with E-state index in [2.05, 4.69) is 15.0 Å². The third kappa shape index (κ3) is 2.28. The number of aromatic amines is 1. The van der Waals surface area contributed by atoms with E-state index in [0.29, 0.717) is 12.1 Å². The van der Waals surface area contributed by atoms with Gasteiger partial charge in [-0.2, -0.15) is 4.98 Å². The second kappa shape index (κ2) is 5.10. The molecule has 1 aliphatic heterocycles. The summed E-state index contributed by atoms with van der Waals surface area (Å²) in [6.45, 7) is 1.82. The number of nitrogen functional groups attached to an aromatic ring is 1. The molecule has 1 fully saturated rings. The molecule has 1 aliphatic rings. The average Bonchev–Trinajstić information content (AvgIpc) is 3.01. The SMILES string of the molecule is COC(C)[C@H]1O[C@@H](n2cnc3c(=O)[nH]c(N)nc32)C[C@@H]1O. The van der Waals surface area contributed by atoms with Crippen LogP contribution in [0.15, 0.2) is 11.1 Å². The van der Waals surface area contributed by atoms with Crippen molar-refractivity contribution in [3.8, 4) is 0 Å². The summed E-state index contributed by atoms with van der Waals surface area (Å²) in [5.74, 6) is 0.00889. The second-order valence-electron chi connectivity index (χ2n) is 5.07. The number of aromatic nitrogens is 4. The molecule has 0 bridgehead atoms. The van der Waals surface area contributed by atoms with Crippen molar-refractivity contribution in [2.45, 2.75) is 37.9 Å². The first-order valence-corrected chi connectivity index (χ1v) is 6.60. The normalized spacial score (nSPS) is 27.3. The van der Waals surface area contributed by atoms with Crippen molar-refractivity contribution in [2.75, 3.05) is 12.8 Å². The third-order valence-corrected chi connectivity index (χ3v) is 3.73. The zero-order valence-electron chi connectivity index (χ0n) is 11.7. The van der Waals surface area contributed by atoms with E-state index in [1.165, 1.54) is 6.33 Å². The minimum Gasteiger partial charge on any atom is -0.390 e. The minimum atomic E-state index is -0.665. The summed E-state index contributed by atoms with van der Waals surface area (Å²) in [5, 5.41) is 10.1. The molecule has 0 radical (unpaired) electrons. The number of H-pyrrole nitrogens is 1. The highest BCUT2D eigenvalue weighted by molar-refractivity contribution is 5.70. The van der Waals surface area contributed by atoms with Gasteiger partial charge in [0.15, 0.2) is 11.2 Å². The summed E-state index contributed by atoms with van der Waals surface area (Å²) in [7, 11) is 1.56. The first-order chi connectivity index (χ1) is 10.0. The molecular formula is C12H17N5O4. The van der Waals surface area contributed by atoms with Gasteiger partial charge in [0, 0.05) is 13.5 Å². The van der Waals surface area contributed by atoms with Gasteiger partial charge in [-0.25, -0.2) is 4.98 Å². The number of nitrogens with two attached hydrogens (primary N) is 1. The second-order valence-corrected chi connectivity index (χ2v) is 5.07. The molecule has 0 amide bonds. The molecule has 0 spiro atoms. The first kappa shape index (κ1) is 14.0. The number of anilines is 1. The summed E-state index contributed by atoms with van der Waals surface area (Å²) >= 11 is 0. The molecule has 9 heteroatoms. The Labute approximate surface area is 119 Å². The topological polar surface area (TPSA) is 128 Å². The van der Waals surface area contributed by atoms with Crippen LogP contribution in [0.25, 0.3) is 11.2 Å². The Hall–Kier alpha value is -1.97. The minimum absolute atomic E-state index is 0.00889. The number of fused-ring (bicyclic) bond motifs is 1. The van der Waals surface area contributed by atoms with Crippen molar-refractivity contribution in [1.29, 1.82) is 0 Å². The summed E-state index contributed by atoms with van der Waals surface area (Å²) in [5.41, 5.74) is 5.67. The lowest BCUT2D eigenvalue weighted by Gasteiger charge is -2.20. The number of nitrogens with zero attached hydrogens (tertiary/aromatic N) is 3. The maximum Gasteiger partial charge on any atom is 0.280 e. The van der Waals surface area contributed by atoms with Crippen molar-refractivity contribution in [3.05, 3.63) is 16.7 Å². The number of nitrogens with one attached hydrogen (secondary N) is 1. The number of hydrogen-bond acceptors (Lipinski definition) is 7. The lowest BCUT2D eigenvalue weighted by molar-refractivity contribution is -0.0876. The summed E-state index contributed by atoms with van der Waals surface area (Å²) < 4.78 is 12.6. The van der Waals surface area contributed by atoms with Gasteiger partial charge < -0.3 is 20.3 Å². The fourth-order valence-corrected chi connectivity index (χ4v) is 2.56. The molecule has 4 atom stereocenters. The lowest BCUT2D eigenvalue weighted by atomic mass is 10.1. The van der Waals surface area contributed by atoms with Crippen molar-refractivity contribution < 1.29 is 14.6 Å². The van der Waals surface area contributed by atoms with E-state index >= 15 is 0 Å². The molecule has 21 heavy (non-hydrogen) atoms. The van der Waals surface area contributed by atoms with Crippen LogP contribution in [0.5, 0.6) is 0 Å². The average molecular weight is 295 g/mol. The van der Waals surface area contributed by atoms with E-state index in [0.717, 1.165) is 0 Å². The molecule has 114 valence electrons. The van der Waals surface area contributed by atoms with Gasteiger partial charge in [-0.1, -0.05) is 0 Å². The number of hydrogen-bond donors (Lipinski definition) is 3. The van der Waals surface area contributed by atoms with Crippen LogP contribution in [-0.4, -0.2) is 50.0 Å². The number of methoxy groups -OCH3 is 1. The molecule has 2 aromatic rings. The smallest absolute Gasteiger partial charge is 0.280 e. The molecule has 1 unspecified atom stereocenters. The molecule has 1 saturated heterocycles. The van der Waals surface area contributed by atoms with Crippen LogP contribution in [0.2, 0.25) is 0 Å². The summed E-state index contributed by atoms with van der Waals surface area (Å²) in [6, 6.07) is 0. The highest BCUT2D eigenvalue weighted by atomic mass is 16.6. The number of rotatable bonds is 3. The Balaban J connectivity index is 1.97. The Morgan fingerprint density at radius 2 is 2.43 bits per heavy atom. The molecule has 0 aromatic carbocycles. The van der Waals surface area contributed by atoms with Gasteiger partial charge in [-0.05, 0) is 6.92 Å². The Bertz CT molecular complexity index is 711. The van der Waals surface area contributed by atoms with E-state index in [4.69, 9.17) is 15.2 Å².